The maximum atomic E-state index is 16.2. The van der Waals surface area contributed by atoms with E-state index >= 15 is 4.39 Å². The van der Waals surface area contributed by atoms with Gasteiger partial charge in [0.05, 0.1) is 22.1 Å². The summed E-state index contributed by atoms with van der Waals surface area (Å²) >= 11 is 6.50. The molecule has 2 aliphatic rings. The quantitative estimate of drug-likeness (QED) is 0.327. The van der Waals surface area contributed by atoms with Crippen LogP contribution in [0.25, 0.3) is 22.3 Å². The average molecular weight is 578 g/mol. The number of carbonyl (C=O) groups is 2. The summed E-state index contributed by atoms with van der Waals surface area (Å²) in [6.45, 7) is 5.53. The van der Waals surface area contributed by atoms with E-state index in [4.69, 9.17) is 16.1 Å². The number of pyridine rings is 1. The van der Waals surface area contributed by atoms with Gasteiger partial charge in [-0.3, -0.25) is 24.8 Å². The van der Waals surface area contributed by atoms with E-state index in [1.54, 1.807) is 24.4 Å². The zero-order chi connectivity index (χ0) is 28.9. The summed E-state index contributed by atoms with van der Waals surface area (Å²) in [6.07, 6.45) is 3.69. The maximum Gasteiger partial charge on any atom is 0.234 e. The Kier molecular flexibility index (Phi) is 6.88. The topological polar surface area (TPSA) is 121 Å². The lowest BCUT2D eigenvalue weighted by Gasteiger charge is -2.50. The van der Waals surface area contributed by atoms with Gasteiger partial charge in [-0.15, -0.1) is 0 Å². The van der Waals surface area contributed by atoms with E-state index in [1.807, 2.05) is 32.0 Å². The van der Waals surface area contributed by atoms with Gasteiger partial charge in [0, 0.05) is 54.2 Å². The third-order valence-corrected chi connectivity index (χ3v) is 8.79. The minimum Gasteiger partial charge on any atom is -0.384 e. The molecule has 6 rings (SSSR count). The average Bonchev–Trinajstić information content (AvgIpc) is 3.46. The first-order valence-electron chi connectivity index (χ1n) is 13.5. The molecule has 2 unspecified atom stereocenters. The van der Waals surface area contributed by atoms with E-state index in [-0.39, 0.29) is 23.3 Å². The molecule has 0 bridgehead atoms. The molecule has 0 aliphatic carbocycles. The fourth-order valence-corrected chi connectivity index (χ4v) is 6.44. The molecule has 0 saturated carbocycles. The Labute approximate surface area is 240 Å². The number of likely N-dealkylation sites (tertiary alicyclic amines) is 1. The van der Waals surface area contributed by atoms with Crippen molar-refractivity contribution in [3.05, 3.63) is 76.5 Å². The summed E-state index contributed by atoms with van der Waals surface area (Å²) in [5.74, 6) is -1.42. The molecule has 212 valence electrons. The molecule has 2 aromatic carbocycles. The second kappa shape index (κ2) is 10.3. The van der Waals surface area contributed by atoms with Crippen molar-refractivity contribution >= 4 is 34.3 Å². The van der Waals surface area contributed by atoms with E-state index in [2.05, 4.69) is 25.3 Å². The molecule has 11 heteroatoms. The zero-order valence-electron chi connectivity index (χ0n) is 22.7. The van der Waals surface area contributed by atoms with Gasteiger partial charge in [-0.2, -0.15) is 4.98 Å². The number of hydrogen-bond acceptors (Lipinski definition) is 8. The number of halogens is 2. The van der Waals surface area contributed by atoms with Gasteiger partial charge in [-0.1, -0.05) is 42.7 Å². The van der Waals surface area contributed by atoms with E-state index in [9.17, 15) is 14.7 Å². The lowest BCUT2D eigenvalue weighted by molar-refractivity contribution is -0.134. The van der Waals surface area contributed by atoms with Crippen molar-refractivity contribution in [1.82, 2.24) is 25.3 Å². The van der Waals surface area contributed by atoms with Crippen LogP contribution >= 0.6 is 11.6 Å². The second-order valence-electron chi connectivity index (χ2n) is 11.5. The van der Waals surface area contributed by atoms with E-state index in [0.717, 1.165) is 5.56 Å². The zero-order valence-corrected chi connectivity index (χ0v) is 23.4. The van der Waals surface area contributed by atoms with Gasteiger partial charge in [0.2, 0.25) is 24.0 Å². The number of nitrogens with one attached hydrogen (secondary N) is 1. The summed E-state index contributed by atoms with van der Waals surface area (Å²) < 4.78 is 21.0. The van der Waals surface area contributed by atoms with Crippen LogP contribution in [0.2, 0.25) is 5.02 Å². The SMILES string of the molecule is CC1(C)CN(Cc2ccc(-c3ncon3)c(Cl)c2)CCC1(O)c1ccc2ncc(C3CCC(=O)NC3=O)cc2c1F. The first kappa shape index (κ1) is 27.4. The number of amides is 2. The molecule has 4 aromatic rings. The Morgan fingerprint density at radius 3 is 2.73 bits per heavy atom. The van der Waals surface area contributed by atoms with Crippen LogP contribution < -0.4 is 5.32 Å². The third-order valence-electron chi connectivity index (χ3n) is 8.48. The first-order chi connectivity index (χ1) is 19.6. The highest BCUT2D eigenvalue weighted by atomic mass is 35.5. The highest BCUT2D eigenvalue weighted by Crippen LogP contribution is 2.48. The number of aromatic nitrogens is 3. The van der Waals surface area contributed by atoms with Crippen molar-refractivity contribution in [2.75, 3.05) is 13.1 Å². The van der Waals surface area contributed by atoms with Crippen LogP contribution in [0.3, 0.4) is 0 Å². The largest absolute Gasteiger partial charge is 0.384 e. The summed E-state index contributed by atoms with van der Waals surface area (Å²) in [7, 11) is 0. The third kappa shape index (κ3) is 4.90. The molecule has 2 fully saturated rings. The number of piperidine rings is 2. The van der Waals surface area contributed by atoms with Gasteiger partial charge < -0.3 is 9.63 Å². The molecule has 2 amide bonds. The van der Waals surface area contributed by atoms with Gasteiger partial charge in [-0.05, 0) is 48.2 Å². The minimum atomic E-state index is -1.44. The Morgan fingerprint density at radius 2 is 2.02 bits per heavy atom. The molecular weight excluding hydrogens is 549 g/mol. The van der Waals surface area contributed by atoms with Gasteiger partial charge in [-0.25, -0.2) is 4.39 Å². The van der Waals surface area contributed by atoms with Crippen molar-refractivity contribution in [2.45, 2.75) is 51.2 Å². The molecule has 41 heavy (non-hydrogen) atoms. The van der Waals surface area contributed by atoms with Crippen molar-refractivity contribution in [2.24, 2.45) is 5.41 Å². The number of benzene rings is 2. The molecule has 2 aromatic heterocycles. The fraction of sp³-hybridized carbons (Fsp3) is 0.367. The number of nitrogens with zero attached hydrogens (tertiary/aromatic N) is 4. The van der Waals surface area contributed by atoms with Gasteiger partial charge >= 0.3 is 0 Å². The number of aliphatic hydroxyl groups is 1. The molecule has 0 spiro atoms. The highest BCUT2D eigenvalue weighted by Gasteiger charge is 2.50. The van der Waals surface area contributed by atoms with Crippen molar-refractivity contribution in [3.8, 4) is 11.4 Å². The van der Waals surface area contributed by atoms with Crippen molar-refractivity contribution < 1.29 is 23.6 Å². The van der Waals surface area contributed by atoms with Gasteiger partial charge in [0.1, 0.15) is 5.82 Å². The van der Waals surface area contributed by atoms with Crippen LogP contribution in [0.5, 0.6) is 0 Å². The molecule has 9 nitrogen and oxygen atoms in total. The normalized spacial score (nSPS) is 23.1. The Hall–Kier alpha value is -3.73. The molecule has 2 aliphatic heterocycles. The fourth-order valence-electron chi connectivity index (χ4n) is 6.15. The number of fused-ring (bicyclic) bond motifs is 1. The monoisotopic (exact) mass is 577 g/mol. The lowest BCUT2D eigenvalue weighted by Crippen LogP contribution is -2.55. The molecular formula is C30H29ClFN5O4. The van der Waals surface area contributed by atoms with Crippen LogP contribution in [-0.2, 0) is 21.7 Å². The van der Waals surface area contributed by atoms with Crippen molar-refractivity contribution in [1.29, 1.82) is 0 Å². The molecule has 2 atom stereocenters. The first-order valence-corrected chi connectivity index (χ1v) is 13.9. The standard InChI is InChI=1S/C30H29ClFN5O4/c1-29(2)15-37(14-17-3-4-20(23(31)11-17)27-34-16-41-36-27)10-9-30(29,40)22-6-7-24-21(26(22)32)12-18(13-33-24)19-5-8-25(38)35-28(19)39/h3-4,6-7,11-13,16,19,40H,5,8-10,14-15H2,1-2H3,(H,35,38,39). The summed E-state index contributed by atoms with van der Waals surface area (Å²) in [4.78, 5) is 34.6. The van der Waals surface area contributed by atoms with E-state index in [0.29, 0.717) is 60.0 Å². The molecule has 0 radical (unpaired) electrons. The van der Waals surface area contributed by atoms with Crippen LogP contribution in [0.1, 0.15) is 55.7 Å². The lowest BCUT2D eigenvalue weighted by atomic mass is 9.66. The molecule has 4 heterocycles. The summed E-state index contributed by atoms with van der Waals surface area (Å²) in [5, 5.41) is 19.0. The number of rotatable bonds is 5. The van der Waals surface area contributed by atoms with E-state index < -0.39 is 28.7 Å². The Bertz CT molecular complexity index is 1660. The van der Waals surface area contributed by atoms with Gasteiger partial charge in [0.25, 0.3) is 0 Å². The highest BCUT2D eigenvalue weighted by molar-refractivity contribution is 6.33. The number of carbonyl (C=O) groups excluding carboxylic acids is 2. The second-order valence-corrected chi connectivity index (χ2v) is 11.9. The van der Waals surface area contributed by atoms with Gasteiger partial charge in [0.15, 0.2) is 0 Å². The number of hydrogen-bond donors (Lipinski definition) is 2. The summed E-state index contributed by atoms with van der Waals surface area (Å²) in [5.41, 5.74) is 0.720. The Balaban J connectivity index is 1.24. The number of imide groups is 1. The summed E-state index contributed by atoms with van der Waals surface area (Å²) in [6, 6.07) is 10.6. The molecule has 2 N–H and O–H groups in total. The van der Waals surface area contributed by atoms with Crippen LogP contribution in [-0.4, -0.2) is 50.0 Å². The maximum absolute atomic E-state index is 16.2. The predicted octanol–water partition coefficient (Wildman–Crippen LogP) is 4.72. The smallest absolute Gasteiger partial charge is 0.234 e. The molecule has 2 saturated heterocycles. The van der Waals surface area contributed by atoms with Crippen LogP contribution in [0.15, 0.2) is 53.5 Å². The van der Waals surface area contributed by atoms with Crippen molar-refractivity contribution in [3.63, 3.8) is 0 Å². The predicted molar refractivity (Wildman–Crippen MR) is 149 cm³/mol. The van der Waals surface area contributed by atoms with Crippen LogP contribution in [0, 0.1) is 11.2 Å². The van der Waals surface area contributed by atoms with Crippen LogP contribution in [0.4, 0.5) is 4.39 Å². The minimum absolute atomic E-state index is 0.212. The Morgan fingerprint density at radius 1 is 1.20 bits per heavy atom. The van der Waals surface area contributed by atoms with E-state index in [1.165, 1.54) is 6.39 Å².